The summed E-state index contributed by atoms with van der Waals surface area (Å²) in [5.41, 5.74) is 1.92. The fourth-order valence-corrected chi connectivity index (χ4v) is 2.77. The molecule has 0 atom stereocenters. The minimum Gasteiger partial charge on any atom is -0.355 e. The van der Waals surface area contributed by atoms with Crippen molar-refractivity contribution in [3.05, 3.63) is 35.5 Å². The largest absolute Gasteiger partial charge is 0.355 e. The van der Waals surface area contributed by atoms with Crippen LogP contribution >= 0.6 is 11.3 Å². The molecular weight excluding hydrogens is 284 g/mol. The van der Waals surface area contributed by atoms with Crippen molar-refractivity contribution in [2.45, 2.75) is 19.4 Å². The predicted octanol–water partition coefficient (Wildman–Crippen LogP) is 1.82. The van der Waals surface area contributed by atoms with Crippen LogP contribution in [0.1, 0.15) is 18.5 Å². The molecule has 3 rings (SSSR count). The molecule has 0 bridgehead atoms. The van der Waals surface area contributed by atoms with Crippen LogP contribution in [-0.4, -0.2) is 29.0 Å². The quantitative estimate of drug-likeness (QED) is 0.766. The summed E-state index contributed by atoms with van der Waals surface area (Å²) in [5.74, 6) is 0.479. The Kier molecular flexibility index (Phi) is 4.57. The molecule has 5 nitrogen and oxygen atoms in total. The smallest absolute Gasteiger partial charge is 0.223 e. The third-order valence-corrected chi connectivity index (χ3v) is 4.20. The second-order valence-corrected chi connectivity index (χ2v) is 5.96. The third-order valence-electron chi connectivity index (χ3n) is 3.29. The van der Waals surface area contributed by atoms with Gasteiger partial charge in [0.1, 0.15) is 5.01 Å². The van der Waals surface area contributed by atoms with Crippen LogP contribution in [0.2, 0.25) is 0 Å². The molecule has 2 aromatic heterocycles. The molecule has 1 aliphatic rings. The lowest BCUT2D eigenvalue weighted by molar-refractivity contribution is -0.122. The highest BCUT2D eigenvalue weighted by Gasteiger charge is 2.28. The van der Waals surface area contributed by atoms with E-state index in [4.69, 9.17) is 0 Å². The Balaban J connectivity index is 1.39. The zero-order valence-electron chi connectivity index (χ0n) is 11.7. The highest BCUT2D eigenvalue weighted by molar-refractivity contribution is 7.13. The van der Waals surface area contributed by atoms with Gasteiger partial charge in [-0.1, -0.05) is 6.07 Å². The fraction of sp³-hybridized carbons (Fsp3) is 0.400. The lowest BCUT2D eigenvalue weighted by atomic mass is 10.3. The van der Waals surface area contributed by atoms with E-state index in [1.807, 2.05) is 23.6 Å². The molecule has 21 heavy (non-hydrogen) atoms. The van der Waals surface area contributed by atoms with Gasteiger partial charge in [0.05, 0.1) is 11.4 Å². The average Bonchev–Trinajstić information content (AvgIpc) is 3.27. The van der Waals surface area contributed by atoms with E-state index in [1.165, 1.54) is 0 Å². The van der Waals surface area contributed by atoms with Gasteiger partial charge in [0.25, 0.3) is 0 Å². The Morgan fingerprint density at radius 2 is 2.24 bits per heavy atom. The highest BCUT2D eigenvalue weighted by Crippen LogP contribution is 2.28. The van der Waals surface area contributed by atoms with Crippen molar-refractivity contribution in [1.29, 1.82) is 0 Å². The molecule has 0 aliphatic heterocycles. The zero-order chi connectivity index (χ0) is 14.5. The Morgan fingerprint density at radius 1 is 1.33 bits per heavy atom. The van der Waals surface area contributed by atoms with Crippen LogP contribution in [0, 0.1) is 5.92 Å². The molecule has 2 heterocycles. The van der Waals surface area contributed by atoms with E-state index in [9.17, 15) is 4.79 Å². The van der Waals surface area contributed by atoms with E-state index >= 15 is 0 Å². The van der Waals surface area contributed by atoms with Crippen LogP contribution in [-0.2, 0) is 11.3 Å². The third kappa shape index (κ3) is 4.09. The van der Waals surface area contributed by atoms with Crippen molar-refractivity contribution in [1.82, 2.24) is 20.6 Å². The Hall–Kier alpha value is -1.79. The van der Waals surface area contributed by atoms with Crippen molar-refractivity contribution in [2.24, 2.45) is 5.92 Å². The summed E-state index contributed by atoms with van der Waals surface area (Å²) in [6.07, 6.45) is 3.87. The van der Waals surface area contributed by atoms with Crippen LogP contribution in [0.5, 0.6) is 0 Å². The highest BCUT2D eigenvalue weighted by atomic mass is 32.1. The maximum absolute atomic E-state index is 11.4. The first kappa shape index (κ1) is 14.2. The van der Waals surface area contributed by atoms with E-state index in [2.05, 4.69) is 20.6 Å². The first-order chi connectivity index (χ1) is 10.3. The zero-order valence-corrected chi connectivity index (χ0v) is 12.5. The molecule has 0 saturated heterocycles. The van der Waals surface area contributed by atoms with Gasteiger partial charge in [0.15, 0.2) is 0 Å². The normalized spacial score (nSPS) is 14.1. The maximum Gasteiger partial charge on any atom is 0.223 e. The van der Waals surface area contributed by atoms with Crippen molar-refractivity contribution in [3.8, 4) is 10.7 Å². The van der Waals surface area contributed by atoms with Crippen LogP contribution in [0.3, 0.4) is 0 Å². The first-order valence-corrected chi connectivity index (χ1v) is 8.05. The van der Waals surface area contributed by atoms with Crippen LogP contribution in [0.25, 0.3) is 10.7 Å². The molecule has 0 unspecified atom stereocenters. The number of aromatic nitrogens is 2. The summed E-state index contributed by atoms with van der Waals surface area (Å²) in [6.45, 7) is 2.14. The number of nitrogens with one attached hydrogen (secondary N) is 2. The van der Waals surface area contributed by atoms with Gasteiger partial charge < -0.3 is 10.6 Å². The number of thiazole rings is 1. The molecule has 1 amide bonds. The average molecular weight is 302 g/mol. The second-order valence-electron chi connectivity index (χ2n) is 5.10. The molecule has 0 spiro atoms. The van der Waals surface area contributed by atoms with Gasteiger partial charge >= 0.3 is 0 Å². The Bertz CT molecular complexity index is 595. The summed E-state index contributed by atoms with van der Waals surface area (Å²) in [5, 5.41) is 9.20. The van der Waals surface area contributed by atoms with E-state index in [-0.39, 0.29) is 11.8 Å². The van der Waals surface area contributed by atoms with Gasteiger partial charge in [-0.3, -0.25) is 9.78 Å². The van der Waals surface area contributed by atoms with E-state index in [0.29, 0.717) is 13.1 Å². The molecule has 1 aliphatic carbocycles. The number of carbonyl (C=O) groups is 1. The summed E-state index contributed by atoms with van der Waals surface area (Å²) in [7, 11) is 0. The van der Waals surface area contributed by atoms with E-state index in [1.54, 1.807) is 17.5 Å². The summed E-state index contributed by atoms with van der Waals surface area (Å²) >= 11 is 1.60. The molecule has 6 heteroatoms. The van der Waals surface area contributed by atoms with Crippen molar-refractivity contribution in [3.63, 3.8) is 0 Å². The van der Waals surface area contributed by atoms with Crippen LogP contribution < -0.4 is 10.6 Å². The van der Waals surface area contributed by atoms with Crippen LogP contribution in [0.15, 0.2) is 29.8 Å². The molecule has 110 valence electrons. The summed E-state index contributed by atoms with van der Waals surface area (Å²) in [4.78, 5) is 20.3. The second kappa shape index (κ2) is 6.78. The number of hydrogen-bond acceptors (Lipinski definition) is 5. The molecule has 2 aromatic rings. The Labute approximate surface area is 127 Å². The van der Waals surface area contributed by atoms with E-state index < -0.39 is 0 Å². The number of amides is 1. The molecular formula is C15H18N4OS. The van der Waals surface area contributed by atoms with Gasteiger partial charge in [-0.05, 0) is 25.0 Å². The summed E-state index contributed by atoms with van der Waals surface area (Å²) < 4.78 is 0. The number of rotatable bonds is 7. The molecule has 1 saturated carbocycles. The van der Waals surface area contributed by atoms with Crippen LogP contribution in [0.4, 0.5) is 0 Å². The van der Waals surface area contributed by atoms with Crippen molar-refractivity contribution in [2.75, 3.05) is 13.1 Å². The molecule has 1 fully saturated rings. The first-order valence-electron chi connectivity index (χ1n) is 7.17. The molecule has 0 radical (unpaired) electrons. The monoisotopic (exact) mass is 302 g/mol. The number of pyridine rings is 1. The van der Waals surface area contributed by atoms with Gasteiger partial charge in [-0.25, -0.2) is 4.98 Å². The fourth-order valence-electron chi connectivity index (χ4n) is 1.98. The minimum absolute atomic E-state index is 0.197. The standard InChI is InChI=1S/C15H18N4OS/c20-14(11-4-5-11)18-8-7-16-9-12-10-21-15(19-12)13-3-1-2-6-17-13/h1-3,6,10-11,16H,4-5,7-9H2,(H,18,20). The number of nitrogens with zero attached hydrogens (tertiary/aromatic N) is 2. The Morgan fingerprint density at radius 3 is 3.00 bits per heavy atom. The van der Waals surface area contributed by atoms with Crippen molar-refractivity contribution >= 4 is 17.2 Å². The molecule has 0 aromatic carbocycles. The lowest BCUT2D eigenvalue weighted by Crippen LogP contribution is -2.32. The van der Waals surface area contributed by atoms with E-state index in [0.717, 1.165) is 35.8 Å². The van der Waals surface area contributed by atoms with Gasteiger partial charge in [-0.15, -0.1) is 11.3 Å². The molecule has 2 N–H and O–H groups in total. The SMILES string of the molecule is O=C(NCCNCc1csc(-c2ccccn2)n1)C1CC1. The van der Waals surface area contributed by atoms with Crippen molar-refractivity contribution < 1.29 is 4.79 Å². The maximum atomic E-state index is 11.4. The van der Waals surface area contributed by atoms with Gasteiger partial charge in [0.2, 0.25) is 5.91 Å². The van der Waals surface area contributed by atoms with Gasteiger partial charge in [-0.2, -0.15) is 0 Å². The summed E-state index contributed by atoms with van der Waals surface area (Å²) in [6, 6.07) is 5.82. The number of carbonyl (C=O) groups excluding carboxylic acids is 1. The lowest BCUT2D eigenvalue weighted by Gasteiger charge is -2.04. The number of hydrogen-bond donors (Lipinski definition) is 2. The topological polar surface area (TPSA) is 66.9 Å². The minimum atomic E-state index is 0.197. The van der Waals surface area contributed by atoms with Gasteiger partial charge in [0, 0.05) is 37.1 Å². The predicted molar refractivity (Wildman–Crippen MR) is 82.8 cm³/mol.